The average molecular weight is 252 g/mol. The Bertz CT molecular complexity index is 297. The second-order valence-corrected chi connectivity index (χ2v) is 5.53. The molecule has 1 aliphatic carbocycles. The van der Waals surface area contributed by atoms with Gasteiger partial charge in [0.2, 0.25) is 5.91 Å². The van der Waals surface area contributed by atoms with Gasteiger partial charge < -0.3 is 10.1 Å². The van der Waals surface area contributed by atoms with Crippen LogP contribution in [0, 0.1) is 5.92 Å². The monoisotopic (exact) mass is 252 g/mol. The van der Waals surface area contributed by atoms with Crippen molar-refractivity contribution >= 4 is 11.6 Å². The fraction of sp³-hybridized carbons (Fsp3) is 0.857. The molecule has 1 N–H and O–H groups in total. The van der Waals surface area contributed by atoms with E-state index in [2.05, 4.69) is 5.16 Å². The van der Waals surface area contributed by atoms with Crippen LogP contribution in [-0.4, -0.2) is 34.8 Å². The van der Waals surface area contributed by atoms with Crippen LogP contribution in [0.15, 0.2) is 5.16 Å². The third kappa shape index (κ3) is 3.47. The molecule has 4 nitrogen and oxygen atoms in total. The second kappa shape index (κ2) is 6.76. The molecule has 102 valence electrons. The Kier molecular flexibility index (Phi) is 5.02. The number of hydrogen-bond donors (Lipinski definition) is 1. The quantitative estimate of drug-likeness (QED) is 0.576. The maximum atomic E-state index is 12.4. The molecule has 0 radical (unpaired) electrons. The van der Waals surface area contributed by atoms with Crippen molar-refractivity contribution in [3.63, 3.8) is 0 Å². The van der Waals surface area contributed by atoms with Crippen LogP contribution in [0.25, 0.3) is 0 Å². The van der Waals surface area contributed by atoms with E-state index in [4.69, 9.17) is 5.21 Å². The number of amides is 1. The Morgan fingerprint density at radius 2 is 1.61 bits per heavy atom. The highest BCUT2D eigenvalue weighted by molar-refractivity contribution is 5.87. The molecule has 0 spiro atoms. The van der Waals surface area contributed by atoms with E-state index >= 15 is 0 Å². The van der Waals surface area contributed by atoms with E-state index < -0.39 is 0 Å². The maximum Gasteiger partial charge on any atom is 0.225 e. The van der Waals surface area contributed by atoms with Gasteiger partial charge in [0.05, 0.1) is 5.71 Å². The first-order valence-electron chi connectivity index (χ1n) is 7.30. The normalized spacial score (nSPS) is 23.3. The Morgan fingerprint density at radius 1 is 1.06 bits per heavy atom. The van der Waals surface area contributed by atoms with Gasteiger partial charge in [-0.1, -0.05) is 37.3 Å². The molecule has 0 bridgehead atoms. The second-order valence-electron chi connectivity index (χ2n) is 5.53. The molecular formula is C14H24N2O2. The van der Waals surface area contributed by atoms with Gasteiger partial charge in [-0.05, 0) is 12.8 Å². The lowest BCUT2D eigenvalue weighted by Crippen LogP contribution is -2.42. The largest absolute Gasteiger partial charge is 0.411 e. The van der Waals surface area contributed by atoms with Crippen LogP contribution in [0.3, 0.4) is 0 Å². The van der Waals surface area contributed by atoms with E-state index in [-0.39, 0.29) is 5.92 Å². The fourth-order valence-corrected chi connectivity index (χ4v) is 3.05. The van der Waals surface area contributed by atoms with Crippen molar-refractivity contribution in [2.75, 3.05) is 13.1 Å². The summed E-state index contributed by atoms with van der Waals surface area (Å²) in [6.07, 6.45) is 9.90. The van der Waals surface area contributed by atoms with Crippen LogP contribution in [-0.2, 0) is 4.79 Å². The standard InChI is InChI=1S/C14H24N2O2/c17-14(12-6-4-2-1-3-5-7-12)16-10-8-13(15-18)9-11-16/h12,18H,1-11H2. The molecule has 2 fully saturated rings. The number of rotatable bonds is 1. The van der Waals surface area contributed by atoms with Crippen molar-refractivity contribution in [3.05, 3.63) is 0 Å². The molecule has 1 saturated heterocycles. The Morgan fingerprint density at radius 3 is 2.17 bits per heavy atom. The lowest BCUT2D eigenvalue weighted by molar-refractivity contribution is -0.136. The highest BCUT2D eigenvalue weighted by Crippen LogP contribution is 2.25. The average Bonchev–Trinajstić information content (AvgIpc) is 2.38. The number of piperidine rings is 1. The van der Waals surface area contributed by atoms with Crippen LogP contribution >= 0.6 is 0 Å². The summed E-state index contributed by atoms with van der Waals surface area (Å²) >= 11 is 0. The first kappa shape index (κ1) is 13.4. The third-order valence-corrected chi connectivity index (χ3v) is 4.25. The van der Waals surface area contributed by atoms with Gasteiger partial charge in [0.15, 0.2) is 0 Å². The lowest BCUT2D eigenvalue weighted by Gasteiger charge is -2.31. The van der Waals surface area contributed by atoms with Gasteiger partial charge in [-0.2, -0.15) is 0 Å². The van der Waals surface area contributed by atoms with Gasteiger partial charge in [-0.3, -0.25) is 4.79 Å². The van der Waals surface area contributed by atoms with E-state index in [1.54, 1.807) is 0 Å². The summed E-state index contributed by atoms with van der Waals surface area (Å²) in [7, 11) is 0. The van der Waals surface area contributed by atoms with E-state index in [1.807, 2.05) is 4.90 Å². The molecule has 18 heavy (non-hydrogen) atoms. The van der Waals surface area contributed by atoms with Crippen molar-refractivity contribution in [1.82, 2.24) is 4.90 Å². The zero-order chi connectivity index (χ0) is 12.8. The van der Waals surface area contributed by atoms with Crippen molar-refractivity contribution in [1.29, 1.82) is 0 Å². The van der Waals surface area contributed by atoms with Gasteiger partial charge >= 0.3 is 0 Å². The predicted molar refractivity (Wildman–Crippen MR) is 70.8 cm³/mol. The molecule has 0 atom stereocenters. The summed E-state index contributed by atoms with van der Waals surface area (Å²) in [6, 6.07) is 0. The van der Waals surface area contributed by atoms with Crippen LogP contribution in [0.2, 0.25) is 0 Å². The van der Waals surface area contributed by atoms with Crippen molar-refractivity contribution in [2.24, 2.45) is 11.1 Å². The number of nitrogens with zero attached hydrogens (tertiary/aromatic N) is 2. The Labute approximate surface area is 109 Å². The molecule has 1 amide bonds. The summed E-state index contributed by atoms with van der Waals surface area (Å²) in [5, 5.41) is 12.0. The van der Waals surface area contributed by atoms with E-state index in [1.165, 1.54) is 32.1 Å². The molecule has 0 aromatic heterocycles. The first-order valence-corrected chi connectivity index (χ1v) is 7.30. The summed E-state index contributed by atoms with van der Waals surface area (Å²) in [5.41, 5.74) is 0.830. The number of oxime groups is 1. The highest BCUT2D eigenvalue weighted by atomic mass is 16.4. The maximum absolute atomic E-state index is 12.4. The van der Waals surface area contributed by atoms with Gasteiger partial charge in [0.25, 0.3) is 0 Å². The zero-order valence-electron chi connectivity index (χ0n) is 11.1. The van der Waals surface area contributed by atoms with Crippen molar-refractivity contribution in [2.45, 2.75) is 57.8 Å². The Hall–Kier alpha value is -1.06. The first-order chi connectivity index (χ1) is 8.81. The zero-order valence-corrected chi connectivity index (χ0v) is 11.1. The molecule has 4 heteroatoms. The van der Waals surface area contributed by atoms with Crippen molar-refractivity contribution in [3.8, 4) is 0 Å². The third-order valence-electron chi connectivity index (χ3n) is 4.25. The van der Waals surface area contributed by atoms with E-state index in [9.17, 15) is 4.79 Å². The van der Waals surface area contributed by atoms with Gasteiger partial charge in [-0.25, -0.2) is 0 Å². The summed E-state index contributed by atoms with van der Waals surface area (Å²) < 4.78 is 0. The van der Waals surface area contributed by atoms with Crippen molar-refractivity contribution < 1.29 is 10.0 Å². The SMILES string of the molecule is O=C(C1CCCCCCC1)N1CCC(=NO)CC1. The molecule has 1 aliphatic heterocycles. The number of likely N-dealkylation sites (tertiary alicyclic amines) is 1. The molecule has 2 rings (SSSR count). The molecule has 0 unspecified atom stereocenters. The Balaban J connectivity index is 1.85. The molecule has 2 aliphatic rings. The smallest absolute Gasteiger partial charge is 0.225 e. The topological polar surface area (TPSA) is 52.9 Å². The predicted octanol–water partition coefficient (Wildman–Crippen LogP) is 2.80. The van der Waals surface area contributed by atoms with Gasteiger partial charge in [0.1, 0.15) is 0 Å². The number of carbonyl (C=O) groups excluding carboxylic acids is 1. The van der Waals surface area contributed by atoms with Crippen LogP contribution in [0.5, 0.6) is 0 Å². The molecule has 0 aromatic rings. The molecule has 1 heterocycles. The minimum absolute atomic E-state index is 0.248. The summed E-state index contributed by atoms with van der Waals surface area (Å²) in [6.45, 7) is 1.46. The molecule has 0 aromatic carbocycles. The minimum atomic E-state index is 0.248. The fourth-order valence-electron chi connectivity index (χ4n) is 3.05. The highest BCUT2D eigenvalue weighted by Gasteiger charge is 2.26. The summed E-state index contributed by atoms with van der Waals surface area (Å²) in [4.78, 5) is 14.4. The minimum Gasteiger partial charge on any atom is -0.411 e. The molecular weight excluding hydrogens is 228 g/mol. The van der Waals surface area contributed by atoms with Gasteiger partial charge in [-0.15, -0.1) is 0 Å². The van der Waals surface area contributed by atoms with Gasteiger partial charge in [0, 0.05) is 31.8 Å². The molecule has 1 saturated carbocycles. The summed E-state index contributed by atoms with van der Waals surface area (Å²) in [5.74, 6) is 0.590. The van der Waals surface area contributed by atoms with Crippen LogP contribution in [0.4, 0.5) is 0 Å². The lowest BCUT2D eigenvalue weighted by atomic mass is 9.89. The number of carbonyl (C=O) groups is 1. The van der Waals surface area contributed by atoms with E-state index in [0.29, 0.717) is 5.91 Å². The van der Waals surface area contributed by atoms with Crippen LogP contribution < -0.4 is 0 Å². The van der Waals surface area contributed by atoms with E-state index in [0.717, 1.165) is 44.5 Å². The number of hydrogen-bond acceptors (Lipinski definition) is 3. The van der Waals surface area contributed by atoms with Crippen LogP contribution in [0.1, 0.15) is 57.8 Å².